The highest BCUT2D eigenvalue weighted by atomic mass is 16.5. The van der Waals surface area contributed by atoms with E-state index in [4.69, 9.17) is 4.74 Å². The molecule has 2 aliphatic rings. The lowest BCUT2D eigenvalue weighted by Gasteiger charge is -2.27. The van der Waals surface area contributed by atoms with Gasteiger partial charge in [0.15, 0.2) is 5.78 Å². The maximum absolute atomic E-state index is 12.6. The van der Waals surface area contributed by atoms with Gasteiger partial charge in [0.05, 0.1) is 22.5 Å². The molecule has 4 heteroatoms. The molecule has 2 aromatic carbocycles. The summed E-state index contributed by atoms with van der Waals surface area (Å²) >= 11 is 0. The summed E-state index contributed by atoms with van der Waals surface area (Å²) in [6.07, 6.45) is 1.26. The normalized spacial score (nSPS) is 18.8. The Morgan fingerprint density at radius 3 is 2.76 bits per heavy atom. The van der Waals surface area contributed by atoms with E-state index in [9.17, 15) is 4.79 Å². The summed E-state index contributed by atoms with van der Waals surface area (Å²) in [6, 6.07) is 13.4. The van der Waals surface area contributed by atoms with Gasteiger partial charge in [0, 0.05) is 6.20 Å². The standard InChI is InChI=1S/C17H14N2O2/c1-10-6-7-11-15(8-10)21-17-12(16(11)20)9-18-13-4-2-3-5-14(13)19-17/h2-9,17-19H,1H3/t17-/m1/s1. The van der Waals surface area contributed by atoms with Crippen LogP contribution in [0.5, 0.6) is 5.75 Å². The molecule has 4 nitrogen and oxygen atoms in total. The van der Waals surface area contributed by atoms with E-state index in [1.165, 1.54) is 0 Å². The highest BCUT2D eigenvalue weighted by molar-refractivity contribution is 6.13. The molecule has 0 saturated carbocycles. The number of aryl methyl sites for hydroxylation is 1. The van der Waals surface area contributed by atoms with Crippen molar-refractivity contribution in [1.29, 1.82) is 0 Å². The predicted octanol–water partition coefficient (Wildman–Crippen LogP) is 3.32. The number of fused-ring (bicyclic) bond motifs is 3. The van der Waals surface area contributed by atoms with Crippen LogP contribution in [0.15, 0.2) is 54.2 Å². The van der Waals surface area contributed by atoms with Gasteiger partial charge >= 0.3 is 0 Å². The summed E-state index contributed by atoms with van der Waals surface area (Å²) in [6.45, 7) is 1.98. The van der Waals surface area contributed by atoms with Crippen molar-refractivity contribution >= 4 is 17.2 Å². The second-order valence-electron chi connectivity index (χ2n) is 5.26. The zero-order valence-corrected chi connectivity index (χ0v) is 11.5. The van der Waals surface area contributed by atoms with Crippen LogP contribution < -0.4 is 15.4 Å². The van der Waals surface area contributed by atoms with E-state index in [1.807, 2.05) is 49.4 Å². The van der Waals surface area contributed by atoms with Gasteiger partial charge in [-0.3, -0.25) is 4.79 Å². The third-order valence-electron chi connectivity index (χ3n) is 3.77. The zero-order chi connectivity index (χ0) is 14.4. The van der Waals surface area contributed by atoms with Crippen LogP contribution in [-0.2, 0) is 0 Å². The van der Waals surface area contributed by atoms with Gasteiger partial charge in [-0.2, -0.15) is 0 Å². The van der Waals surface area contributed by atoms with Crippen molar-refractivity contribution in [2.24, 2.45) is 0 Å². The van der Waals surface area contributed by atoms with Crippen LogP contribution in [0.25, 0.3) is 0 Å². The van der Waals surface area contributed by atoms with E-state index >= 15 is 0 Å². The van der Waals surface area contributed by atoms with Crippen molar-refractivity contribution in [3.8, 4) is 5.75 Å². The molecule has 2 aliphatic heterocycles. The lowest BCUT2D eigenvalue weighted by molar-refractivity contribution is 0.0974. The molecule has 2 heterocycles. The number of carbonyl (C=O) groups excluding carboxylic acids is 1. The molecule has 0 spiro atoms. The van der Waals surface area contributed by atoms with Crippen LogP contribution in [-0.4, -0.2) is 12.0 Å². The number of hydrogen-bond acceptors (Lipinski definition) is 4. The Kier molecular flexibility index (Phi) is 2.51. The molecule has 0 saturated heterocycles. The highest BCUT2D eigenvalue weighted by Gasteiger charge is 2.33. The minimum atomic E-state index is -0.469. The number of para-hydroxylation sites is 2. The number of ketones is 1. The number of nitrogens with one attached hydrogen (secondary N) is 2. The summed E-state index contributed by atoms with van der Waals surface area (Å²) in [5.74, 6) is 0.628. The molecule has 4 rings (SSSR count). The minimum absolute atomic E-state index is 0.00550. The van der Waals surface area contributed by atoms with Gasteiger partial charge in [-0.1, -0.05) is 18.2 Å². The van der Waals surface area contributed by atoms with Crippen molar-refractivity contribution in [3.63, 3.8) is 0 Å². The topological polar surface area (TPSA) is 50.4 Å². The molecule has 0 aromatic heterocycles. The predicted molar refractivity (Wildman–Crippen MR) is 81.7 cm³/mol. The minimum Gasteiger partial charge on any atom is -0.465 e. The van der Waals surface area contributed by atoms with Crippen molar-refractivity contribution < 1.29 is 9.53 Å². The smallest absolute Gasteiger partial charge is 0.201 e. The van der Waals surface area contributed by atoms with E-state index in [0.29, 0.717) is 16.9 Å². The van der Waals surface area contributed by atoms with E-state index < -0.39 is 6.23 Å². The molecule has 21 heavy (non-hydrogen) atoms. The summed E-state index contributed by atoms with van der Waals surface area (Å²) in [7, 11) is 0. The fraction of sp³-hybridized carbons (Fsp3) is 0.118. The van der Waals surface area contributed by atoms with E-state index in [1.54, 1.807) is 6.20 Å². The molecular formula is C17H14N2O2. The quantitative estimate of drug-likeness (QED) is 0.776. The Morgan fingerprint density at radius 2 is 1.90 bits per heavy atom. The fourth-order valence-electron chi connectivity index (χ4n) is 2.66. The number of Topliss-reactive ketones (excluding diaryl/α,β-unsaturated/α-hetero) is 1. The Balaban J connectivity index is 1.81. The lowest BCUT2D eigenvalue weighted by atomic mass is 9.98. The second kappa shape index (κ2) is 4.38. The molecule has 0 unspecified atom stereocenters. The SMILES string of the molecule is Cc1ccc2c(c1)O[C@H]1Nc3ccccc3NC=C1C2=O. The molecule has 0 bridgehead atoms. The highest BCUT2D eigenvalue weighted by Crippen LogP contribution is 2.35. The van der Waals surface area contributed by atoms with Crippen LogP contribution in [0, 0.1) is 6.92 Å². The van der Waals surface area contributed by atoms with Crippen LogP contribution in [0.4, 0.5) is 11.4 Å². The number of benzene rings is 2. The summed E-state index contributed by atoms with van der Waals surface area (Å²) in [4.78, 5) is 12.6. The first kappa shape index (κ1) is 12.0. The molecular weight excluding hydrogens is 264 g/mol. The number of carbonyl (C=O) groups is 1. The second-order valence-corrected chi connectivity index (χ2v) is 5.26. The van der Waals surface area contributed by atoms with E-state index in [2.05, 4.69) is 10.6 Å². The molecule has 0 amide bonds. The van der Waals surface area contributed by atoms with Gasteiger partial charge in [-0.25, -0.2) is 0 Å². The Bertz CT molecular complexity index is 780. The van der Waals surface area contributed by atoms with Crippen molar-refractivity contribution in [1.82, 2.24) is 0 Å². The number of hydrogen-bond donors (Lipinski definition) is 2. The van der Waals surface area contributed by atoms with E-state index in [0.717, 1.165) is 16.9 Å². The largest absolute Gasteiger partial charge is 0.465 e. The summed E-state index contributed by atoms with van der Waals surface area (Å²) < 4.78 is 5.98. The molecule has 0 aliphatic carbocycles. The Morgan fingerprint density at radius 1 is 1.10 bits per heavy atom. The van der Waals surface area contributed by atoms with Crippen molar-refractivity contribution in [2.45, 2.75) is 13.2 Å². The Hall–Kier alpha value is -2.75. The average Bonchev–Trinajstić information content (AvgIpc) is 2.66. The number of rotatable bonds is 0. The maximum atomic E-state index is 12.6. The Labute approximate surface area is 122 Å². The van der Waals surface area contributed by atoms with Gasteiger partial charge in [-0.15, -0.1) is 0 Å². The first-order valence-corrected chi connectivity index (χ1v) is 6.86. The zero-order valence-electron chi connectivity index (χ0n) is 11.5. The number of ether oxygens (including phenoxy) is 1. The maximum Gasteiger partial charge on any atom is 0.201 e. The molecule has 104 valence electrons. The van der Waals surface area contributed by atoms with E-state index in [-0.39, 0.29) is 5.78 Å². The van der Waals surface area contributed by atoms with Gasteiger partial charge in [-0.05, 0) is 36.8 Å². The van der Waals surface area contributed by atoms with Crippen LogP contribution >= 0.6 is 0 Å². The third-order valence-corrected chi connectivity index (χ3v) is 3.77. The molecule has 0 radical (unpaired) electrons. The monoisotopic (exact) mass is 278 g/mol. The van der Waals surface area contributed by atoms with Crippen molar-refractivity contribution in [2.75, 3.05) is 10.6 Å². The lowest BCUT2D eigenvalue weighted by Crippen LogP contribution is -2.36. The van der Waals surface area contributed by atoms with Crippen molar-refractivity contribution in [3.05, 3.63) is 65.4 Å². The summed E-state index contributed by atoms with van der Waals surface area (Å²) in [5, 5.41) is 6.45. The van der Waals surface area contributed by atoms with Gasteiger partial charge in [0.25, 0.3) is 0 Å². The van der Waals surface area contributed by atoms with Crippen LogP contribution in [0.2, 0.25) is 0 Å². The van der Waals surface area contributed by atoms with Crippen LogP contribution in [0.3, 0.4) is 0 Å². The molecule has 2 N–H and O–H groups in total. The molecule has 2 aromatic rings. The first-order chi connectivity index (χ1) is 10.2. The number of anilines is 2. The first-order valence-electron chi connectivity index (χ1n) is 6.86. The molecule has 1 atom stereocenters. The average molecular weight is 278 g/mol. The van der Waals surface area contributed by atoms with Gasteiger partial charge in [0.1, 0.15) is 5.75 Å². The summed E-state index contributed by atoms with van der Waals surface area (Å²) in [5.41, 5.74) is 4.11. The van der Waals surface area contributed by atoms with Crippen LogP contribution in [0.1, 0.15) is 15.9 Å². The molecule has 0 fully saturated rings. The van der Waals surface area contributed by atoms with Gasteiger partial charge in [0.2, 0.25) is 6.23 Å². The van der Waals surface area contributed by atoms with Gasteiger partial charge < -0.3 is 15.4 Å². The third kappa shape index (κ3) is 1.88. The fourth-order valence-corrected chi connectivity index (χ4v) is 2.66.